The average molecular weight is 456 g/mol. The Bertz CT molecular complexity index is 1280. The van der Waals surface area contributed by atoms with Crippen molar-refractivity contribution in [1.29, 1.82) is 0 Å². The first kappa shape index (κ1) is 20.3. The Morgan fingerprint density at radius 3 is 2.43 bits per heavy atom. The zero-order chi connectivity index (χ0) is 21.1. The van der Waals surface area contributed by atoms with Gasteiger partial charge in [0.2, 0.25) is 5.78 Å². The van der Waals surface area contributed by atoms with E-state index < -0.39 is 10.0 Å². The Balaban J connectivity index is 1.44. The number of rotatable bonds is 7. The molecular formula is C21H17N3O3S3. The minimum Gasteiger partial charge on any atom is -0.332 e. The molecule has 0 aliphatic heterocycles. The van der Waals surface area contributed by atoms with Crippen molar-refractivity contribution in [2.24, 2.45) is 0 Å². The third-order valence-electron chi connectivity index (χ3n) is 4.31. The number of anilines is 3. The fourth-order valence-electron chi connectivity index (χ4n) is 2.76. The molecule has 0 saturated carbocycles. The number of carbonyl (C=O) groups is 1. The number of aromatic nitrogens is 1. The van der Waals surface area contributed by atoms with E-state index in [2.05, 4.69) is 15.0 Å². The molecule has 152 valence electrons. The second kappa shape index (κ2) is 8.39. The molecule has 0 fully saturated rings. The van der Waals surface area contributed by atoms with Crippen LogP contribution < -0.4 is 10.0 Å². The molecule has 0 bridgehead atoms. The van der Waals surface area contributed by atoms with Gasteiger partial charge in [0.15, 0.2) is 5.13 Å². The lowest BCUT2D eigenvalue weighted by Crippen LogP contribution is -2.11. The van der Waals surface area contributed by atoms with E-state index in [-0.39, 0.29) is 10.7 Å². The van der Waals surface area contributed by atoms with Crippen LogP contribution >= 0.6 is 22.7 Å². The van der Waals surface area contributed by atoms with Gasteiger partial charge in [-0.1, -0.05) is 35.6 Å². The van der Waals surface area contributed by atoms with Crippen LogP contribution in [0.1, 0.15) is 20.8 Å². The summed E-state index contributed by atoms with van der Waals surface area (Å²) in [7, 11) is -3.59. The van der Waals surface area contributed by atoms with Gasteiger partial charge in [0, 0.05) is 22.3 Å². The SMILES string of the molecule is Cc1ccccc1C(=O)c1cnc(Nc2ccc(NS(=O)(=O)c3ccsc3)cc2)s1. The maximum absolute atomic E-state index is 12.7. The van der Waals surface area contributed by atoms with Gasteiger partial charge in [-0.3, -0.25) is 9.52 Å². The number of thiophene rings is 1. The van der Waals surface area contributed by atoms with Crippen LogP contribution in [0.5, 0.6) is 0 Å². The van der Waals surface area contributed by atoms with Crippen LogP contribution in [0, 0.1) is 6.92 Å². The van der Waals surface area contributed by atoms with Crippen molar-refractivity contribution in [3.8, 4) is 0 Å². The number of hydrogen-bond donors (Lipinski definition) is 2. The molecule has 2 N–H and O–H groups in total. The monoisotopic (exact) mass is 455 g/mol. The molecule has 0 aliphatic carbocycles. The highest BCUT2D eigenvalue weighted by Crippen LogP contribution is 2.26. The molecule has 4 rings (SSSR count). The van der Waals surface area contributed by atoms with Gasteiger partial charge in [0.25, 0.3) is 10.0 Å². The molecule has 0 radical (unpaired) electrons. The second-order valence-corrected chi connectivity index (χ2v) is 9.93. The Kier molecular flexibility index (Phi) is 5.67. The Morgan fingerprint density at radius 1 is 1.00 bits per heavy atom. The summed E-state index contributed by atoms with van der Waals surface area (Å²) in [6.07, 6.45) is 1.56. The van der Waals surface area contributed by atoms with Gasteiger partial charge in [-0.15, -0.1) is 0 Å². The first-order valence-corrected chi connectivity index (χ1v) is 12.1. The first-order valence-electron chi connectivity index (χ1n) is 8.91. The fraction of sp³-hybridized carbons (Fsp3) is 0.0476. The smallest absolute Gasteiger partial charge is 0.262 e. The van der Waals surface area contributed by atoms with E-state index in [1.807, 2.05) is 25.1 Å². The summed E-state index contributed by atoms with van der Waals surface area (Å²) in [5.74, 6) is -0.0585. The van der Waals surface area contributed by atoms with Crippen molar-refractivity contribution in [1.82, 2.24) is 4.98 Å². The normalized spacial score (nSPS) is 11.2. The zero-order valence-electron chi connectivity index (χ0n) is 15.8. The molecule has 2 aromatic heterocycles. The van der Waals surface area contributed by atoms with Crippen LogP contribution in [0.15, 0.2) is 76.4 Å². The van der Waals surface area contributed by atoms with E-state index in [1.54, 1.807) is 53.4 Å². The van der Waals surface area contributed by atoms with Gasteiger partial charge >= 0.3 is 0 Å². The quantitative estimate of drug-likeness (QED) is 0.370. The highest BCUT2D eigenvalue weighted by molar-refractivity contribution is 7.92. The summed E-state index contributed by atoms with van der Waals surface area (Å²) in [5, 5.41) is 7.02. The number of nitrogens with zero attached hydrogens (tertiary/aromatic N) is 1. The second-order valence-electron chi connectivity index (χ2n) is 6.44. The zero-order valence-corrected chi connectivity index (χ0v) is 18.3. The van der Waals surface area contributed by atoms with Crippen LogP contribution in [0.2, 0.25) is 0 Å². The Morgan fingerprint density at radius 2 is 1.73 bits per heavy atom. The minimum absolute atomic E-state index is 0.0585. The summed E-state index contributed by atoms with van der Waals surface area (Å²) in [6.45, 7) is 1.90. The molecule has 0 spiro atoms. The Hall–Kier alpha value is -3.01. The van der Waals surface area contributed by atoms with Gasteiger partial charge in [0.1, 0.15) is 0 Å². The summed E-state index contributed by atoms with van der Waals surface area (Å²) in [6, 6.07) is 15.8. The number of benzene rings is 2. The molecule has 0 atom stereocenters. The number of carbonyl (C=O) groups excluding carboxylic acids is 1. The Labute approximate surface area is 182 Å². The number of nitrogens with one attached hydrogen (secondary N) is 2. The van der Waals surface area contributed by atoms with Crippen LogP contribution in [0.3, 0.4) is 0 Å². The highest BCUT2D eigenvalue weighted by atomic mass is 32.2. The van der Waals surface area contributed by atoms with Crippen LogP contribution in [0.4, 0.5) is 16.5 Å². The van der Waals surface area contributed by atoms with Crippen molar-refractivity contribution in [3.63, 3.8) is 0 Å². The molecule has 0 unspecified atom stereocenters. The topological polar surface area (TPSA) is 88.2 Å². The van der Waals surface area contributed by atoms with Crippen LogP contribution in [-0.2, 0) is 10.0 Å². The number of aryl methyl sites for hydroxylation is 1. The third kappa shape index (κ3) is 4.43. The van der Waals surface area contributed by atoms with E-state index in [9.17, 15) is 13.2 Å². The van der Waals surface area contributed by atoms with Crippen molar-refractivity contribution in [3.05, 3.63) is 87.6 Å². The first-order chi connectivity index (χ1) is 14.4. The van der Waals surface area contributed by atoms with Gasteiger partial charge in [-0.2, -0.15) is 11.3 Å². The van der Waals surface area contributed by atoms with Gasteiger partial charge in [-0.05, 0) is 48.2 Å². The lowest BCUT2D eigenvalue weighted by atomic mass is 10.0. The molecule has 30 heavy (non-hydrogen) atoms. The summed E-state index contributed by atoms with van der Waals surface area (Å²) in [4.78, 5) is 17.8. The van der Waals surface area contributed by atoms with E-state index in [0.717, 1.165) is 11.3 Å². The summed E-state index contributed by atoms with van der Waals surface area (Å²) in [5.41, 5.74) is 2.78. The third-order valence-corrected chi connectivity index (χ3v) is 7.44. The number of hydrogen-bond acceptors (Lipinski definition) is 7. The van der Waals surface area contributed by atoms with E-state index in [1.165, 1.54) is 22.7 Å². The van der Waals surface area contributed by atoms with Crippen molar-refractivity contribution < 1.29 is 13.2 Å². The van der Waals surface area contributed by atoms with E-state index in [0.29, 0.717) is 21.3 Å². The minimum atomic E-state index is -3.59. The molecule has 2 heterocycles. The molecule has 0 aliphatic rings. The molecule has 9 heteroatoms. The summed E-state index contributed by atoms with van der Waals surface area (Å²) >= 11 is 2.59. The van der Waals surface area contributed by atoms with Gasteiger partial charge in [-0.25, -0.2) is 13.4 Å². The molecule has 0 saturated heterocycles. The van der Waals surface area contributed by atoms with E-state index in [4.69, 9.17) is 0 Å². The fourth-order valence-corrected chi connectivity index (χ4v) is 5.64. The van der Waals surface area contributed by atoms with Gasteiger partial charge < -0.3 is 5.32 Å². The van der Waals surface area contributed by atoms with Crippen LogP contribution in [-0.4, -0.2) is 19.2 Å². The molecule has 6 nitrogen and oxygen atoms in total. The van der Waals surface area contributed by atoms with Gasteiger partial charge in [0.05, 0.1) is 16.0 Å². The molecule has 0 amide bonds. The predicted molar refractivity (Wildman–Crippen MR) is 122 cm³/mol. The number of thiazole rings is 1. The van der Waals surface area contributed by atoms with E-state index >= 15 is 0 Å². The predicted octanol–water partition coefficient (Wildman–Crippen LogP) is 5.29. The van der Waals surface area contributed by atoms with Crippen molar-refractivity contribution in [2.45, 2.75) is 11.8 Å². The van der Waals surface area contributed by atoms with Crippen LogP contribution in [0.25, 0.3) is 0 Å². The number of ketones is 1. The van der Waals surface area contributed by atoms with Crippen molar-refractivity contribution in [2.75, 3.05) is 10.0 Å². The molecule has 4 aromatic rings. The lowest BCUT2D eigenvalue weighted by molar-refractivity contribution is 0.104. The molecule has 2 aromatic carbocycles. The largest absolute Gasteiger partial charge is 0.332 e. The van der Waals surface area contributed by atoms with Crippen molar-refractivity contribution >= 4 is 55.0 Å². The maximum atomic E-state index is 12.7. The summed E-state index contributed by atoms with van der Waals surface area (Å²) < 4.78 is 27.1. The lowest BCUT2D eigenvalue weighted by Gasteiger charge is -2.08. The molecular weight excluding hydrogens is 438 g/mol. The number of sulfonamides is 1. The standard InChI is InChI=1S/C21H17N3O3S3/c1-14-4-2-3-5-18(14)20(25)19-12-22-21(29-19)23-15-6-8-16(9-7-15)24-30(26,27)17-10-11-28-13-17/h2-13,24H,1H3,(H,22,23). The maximum Gasteiger partial charge on any atom is 0.262 e. The average Bonchev–Trinajstić information content (AvgIpc) is 3.42. The highest BCUT2D eigenvalue weighted by Gasteiger charge is 2.16.